The summed E-state index contributed by atoms with van der Waals surface area (Å²) < 4.78 is 11.0. The molecule has 0 saturated carbocycles. The molecule has 1 aliphatic rings. The summed E-state index contributed by atoms with van der Waals surface area (Å²) in [6.07, 6.45) is -0.365. The fourth-order valence-corrected chi connectivity index (χ4v) is 7.91. The van der Waals surface area contributed by atoms with Gasteiger partial charge in [0.05, 0.1) is 22.1 Å². The SMILES string of the molecule is c1ccc(C2N=C(n3c4ccccc4c4ccc5c6ccccc6n(-c6ccccc6)c5c43)N=C(c3ccc4c(c3)oc3ccccc34)N2)cc1. The predicted molar refractivity (Wildman–Crippen MR) is 209 cm³/mol. The average molecular weight is 656 g/mol. The zero-order valence-corrected chi connectivity index (χ0v) is 27.4. The van der Waals surface area contributed by atoms with Crippen molar-refractivity contribution in [1.29, 1.82) is 0 Å². The van der Waals surface area contributed by atoms with Gasteiger partial charge in [0.2, 0.25) is 5.96 Å². The third-order valence-electron chi connectivity index (χ3n) is 10.2. The van der Waals surface area contributed by atoms with E-state index in [0.29, 0.717) is 5.96 Å². The Labute approximate surface area is 292 Å². The summed E-state index contributed by atoms with van der Waals surface area (Å²) in [5.41, 5.74) is 9.17. The normalized spacial score (nSPS) is 14.9. The molecule has 6 nitrogen and oxygen atoms in total. The van der Waals surface area contributed by atoms with E-state index in [1.165, 1.54) is 10.8 Å². The third-order valence-corrected chi connectivity index (χ3v) is 10.2. The lowest BCUT2D eigenvalue weighted by molar-refractivity contribution is 0.664. The first-order valence-electron chi connectivity index (χ1n) is 17.2. The van der Waals surface area contributed by atoms with Crippen molar-refractivity contribution in [1.82, 2.24) is 14.5 Å². The number of para-hydroxylation sites is 4. The lowest BCUT2D eigenvalue weighted by Crippen LogP contribution is -2.35. The van der Waals surface area contributed by atoms with Crippen molar-refractivity contribution in [3.8, 4) is 5.69 Å². The number of aliphatic imine (C=N–C) groups is 2. The Hall–Kier alpha value is -6.92. The molecule has 4 heterocycles. The second-order valence-electron chi connectivity index (χ2n) is 13.1. The van der Waals surface area contributed by atoms with Crippen LogP contribution in [0.25, 0.3) is 71.2 Å². The Balaban J connectivity index is 1.23. The molecule has 3 aromatic heterocycles. The largest absolute Gasteiger partial charge is 0.456 e. The number of furan rings is 1. The van der Waals surface area contributed by atoms with E-state index < -0.39 is 0 Å². The van der Waals surface area contributed by atoms with Crippen molar-refractivity contribution in [2.24, 2.45) is 9.98 Å². The van der Waals surface area contributed by atoms with Crippen molar-refractivity contribution in [3.63, 3.8) is 0 Å². The fourth-order valence-electron chi connectivity index (χ4n) is 7.91. The van der Waals surface area contributed by atoms with Gasteiger partial charge >= 0.3 is 0 Å². The Morgan fingerprint density at radius 3 is 1.80 bits per heavy atom. The number of hydrogen-bond donors (Lipinski definition) is 1. The molecule has 0 aliphatic carbocycles. The van der Waals surface area contributed by atoms with Crippen LogP contribution in [0.5, 0.6) is 0 Å². The number of aromatic nitrogens is 2. The molecule has 240 valence electrons. The van der Waals surface area contributed by atoms with Crippen molar-refractivity contribution >= 4 is 77.3 Å². The molecule has 51 heavy (non-hydrogen) atoms. The quantitative estimate of drug-likeness (QED) is 0.206. The number of nitrogens with one attached hydrogen (secondary N) is 1. The van der Waals surface area contributed by atoms with Crippen LogP contribution in [0.3, 0.4) is 0 Å². The molecule has 0 amide bonds. The summed E-state index contributed by atoms with van der Waals surface area (Å²) in [6.45, 7) is 0. The summed E-state index contributed by atoms with van der Waals surface area (Å²) in [5, 5.41) is 10.5. The lowest BCUT2D eigenvalue weighted by Gasteiger charge is -2.24. The lowest BCUT2D eigenvalue weighted by atomic mass is 10.1. The first-order valence-corrected chi connectivity index (χ1v) is 17.2. The molecule has 10 aromatic rings. The zero-order valence-electron chi connectivity index (χ0n) is 27.4. The second kappa shape index (κ2) is 10.8. The number of fused-ring (bicyclic) bond motifs is 10. The molecular weight excluding hydrogens is 627 g/mol. The van der Waals surface area contributed by atoms with Gasteiger partial charge in [0.25, 0.3) is 0 Å². The van der Waals surface area contributed by atoms with E-state index in [1.807, 2.05) is 24.3 Å². The monoisotopic (exact) mass is 655 g/mol. The van der Waals surface area contributed by atoms with Crippen LogP contribution >= 0.6 is 0 Å². The summed E-state index contributed by atoms with van der Waals surface area (Å²) in [5.74, 6) is 1.35. The Kier molecular flexibility index (Phi) is 5.92. The van der Waals surface area contributed by atoms with E-state index in [0.717, 1.165) is 77.4 Å². The number of hydrogen-bond acceptors (Lipinski definition) is 4. The van der Waals surface area contributed by atoms with Gasteiger partial charge in [-0.3, -0.25) is 4.57 Å². The van der Waals surface area contributed by atoms with Crippen LogP contribution < -0.4 is 5.32 Å². The highest BCUT2D eigenvalue weighted by Crippen LogP contribution is 2.41. The molecular formula is C45H29N5O. The van der Waals surface area contributed by atoms with Crippen molar-refractivity contribution in [2.45, 2.75) is 6.17 Å². The molecule has 11 rings (SSSR count). The highest BCUT2D eigenvalue weighted by atomic mass is 16.3. The van der Waals surface area contributed by atoms with Gasteiger partial charge in [-0.15, -0.1) is 0 Å². The Morgan fingerprint density at radius 1 is 0.490 bits per heavy atom. The van der Waals surface area contributed by atoms with Crippen molar-refractivity contribution < 1.29 is 4.42 Å². The average Bonchev–Trinajstić information content (AvgIpc) is 3.86. The maximum Gasteiger partial charge on any atom is 0.234 e. The van der Waals surface area contributed by atoms with Crippen LogP contribution in [0, 0.1) is 0 Å². The highest BCUT2D eigenvalue weighted by molar-refractivity contribution is 6.26. The smallest absolute Gasteiger partial charge is 0.234 e. The molecule has 1 unspecified atom stereocenters. The fraction of sp³-hybridized carbons (Fsp3) is 0.0222. The van der Waals surface area contributed by atoms with Gasteiger partial charge in [-0.25, -0.2) is 4.99 Å². The summed E-state index contributed by atoms with van der Waals surface area (Å²) >= 11 is 0. The van der Waals surface area contributed by atoms with E-state index in [1.54, 1.807) is 0 Å². The summed E-state index contributed by atoms with van der Waals surface area (Å²) in [6, 6.07) is 57.3. The molecule has 0 fully saturated rings. The molecule has 6 heteroatoms. The second-order valence-corrected chi connectivity index (χ2v) is 13.1. The maximum absolute atomic E-state index is 6.32. The minimum Gasteiger partial charge on any atom is -0.456 e. The Morgan fingerprint density at radius 2 is 1.06 bits per heavy atom. The third kappa shape index (κ3) is 4.17. The van der Waals surface area contributed by atoms with Crippen LogP contribution in [0.15, 0.2) is 178 Å². The predicted octanol–water partition coefficient (Wildman–Crippen LogP) is 10.7. The van der Waals surface area contributed by atoms with Gasteiger partial charge < -0.3 is 14.3 Å². The molecule has 7 aromatic carbocycles. The van der Waals surface area contributed by atoms with E-state index in [-0.39, 0.29) is 6.17 Å². The zero-order chi connectivity index (χ0) is 33.5. The Bertz CT molecular complexity index is 3060. The van der Waals surface area contributed by atoms with Crippen LogP contribution in [0.1, 0.15) is 17.3 Å². The topological polar surface area (TPSA) is 59.8 Å². The van der Waals surface area contributed by atoms with E-state index in [4.69, 9.17) is 14.4 Å². The number of benzene rings is 7. The maximum atomic E-state index is 6.32. The van der Waals surface area contributed by atoms with Crippen LogP contribution in [-0.2, 0) is 0 Å². The molecule has 1 aliphatic heterocycles. The van der Waals surface area contributed by atoms with Crippen molar-refractivity contribution in [2.75, 3.05) is 0 Å². The van der Waals surface area contributed by atoms with Crippen LogP contribution in [-0.4, -0.2) is 20.9 Å². The number of amidine groups is 1. The standard InChI is InChI=1S/C45H29N5O/c1-3-13-28(14-4-1)43-46-44(29-23-24-34-33-19-9-12-22-39(33)51-40(34)27-29)48-45(47-43)50-38-21-11-8-18-32(38)36-26-25-35-31-17-7-10-20-37(31)49(41(35)42(36)50)30-15-5-2-6-16-30/h1-27,43H,(H,46,47,48). The molecule has 0 spiro atoms. The molecule has 1 atom stereocenters. The highest BCUT2D eigenvalue weighted by Gasteiger charge is 2.26. The molecule has 0 bridgehead atoms. The first-order chi connectivity index (χ1) is 25.3. The first kappa shape index (κ1) is 28.0. The molecule has 0 radical (unpaired) electrons. The van der Waals surface area contributed by atoms with Crippen molar-refractivity contribution in [3.05, 3.63) is 175 Å². The molecule has 0 saturated heterocycles. The number of rotatable bonds is 3. The minimum atomic E-state index is -0.365. The summed E-state index contributed by atoms with van der Waals surface area (Å²) in [4.78, 5) is 10.7. The van der Waals surface area contributed by atoms with Crippen LogP contribution in [0.2, 0.25) is 0 Å². The van der Waals surface area contributed by atoms with Gasteiger partial charge in [0.1, 0.15) is 23.2 Å². The van der Waals surface area contributed by atoms with Gasteiger partial charge in [0, 0.05) is 43.6 Å². The summed E-state index contributed by atoms with van der Waals surface area (Å²) in [7, 11) is 0. The number of nitrogens with zero attached hydrogens (tertiary/aromatic N) is 4. The van der Waals surface area contributed by atoms with E-state index in [9.17, 15) is 0 Å². The minimum absolute atomic E-state index is 0.365. The van der Waals surface area contributed by atoms with Gasteiger partial charge in [-0.05, 0) is 48.0 Å². The van der Waals surface area contributed by atoms with Gasteiger partial charge in [-0.2, -0.15) is 4.99 Å². The van der Waals surface area contributed by atoms with Crippen LogP contribution in [0.4, 0.5) is 0 Å². The van der Waals surface area contributed by atoms with E-state index >= 15 is 0 Å². The van der Waals surface area contributed by atoms with Gasteiger partial charge in [-0.1, -0.05) is 121 Å². The van der Waals surface area contributed by atoms with E-state index in [2.05, 4.69) is 154 Å². The molecule has 1 N–H and O–H groups in total. The van der Waals surface area contributed by atoms with Gasteiger partial charge in [0.15, 0.2) is 0 Å².